The highest BCUT2D eigenvalue weighted by Gasteiger charge is 2.12. The van der Waals surface area contributed by atoms with Crippen molar-refractivity contribution in [2.24, 2.45) is 0 Å². The summed E-state index contributed by atoms with van der Waals surface area (Å²) in [6.45, 7) is 2.67. The van der Waals surface area contributed by atoms with Crippen molar-refractivity contribution in [2.75, 3.05) is 18.0 Å². The van der Waals surface area contributed by atoms with Gasteiger partial charge in [-0.25, -0.2) is 4.98 Å². The molecule has 1 saturated heterocycles. The second-order valence-corrected chi connectivity index (χ2v) is 6.68. The highest BCUT2D eigenvalue weighted by atomic mass is 79.9. The standard InChI is InChI=1S/C18H20BrN3O/c19-16-7-5-15(6-8-16)18(23)21-13-14-4-9-17(20-12-14)22-10-2-1-3-11-22/h4-9,12H,1-3,10-11,13H2,(H,21,23). The van der Waals surface area contributed by atoms with Gasteiger partial charge in [0.15, 0.2) is 0 Å². The Morgan fingerprint density at radius 1 is 1.09 bits per heavy atom. The van der Waals surface area contributed by atoms with E-state index < -0.39 is 0 Å². The summed E-state index contributed by atoms with van der Waals surface area (Å²) in [6, 6.07) is 11.4. The second-order valence-electron chi connectivity index (χ2n) is 5.76. The van der Waals surface area contributed by atoms with Gasteiger partial charge in [0.1, 0.15) is 5.82 Å². The van der Waals surface area contributed by atoms with Crippen molar-refractivity contribution < 1.29 is 4.79 Å². The van der Waals surface area contributed by atoms with Crippen LogP contribution in [0.4, 0.5) is 5.82 Å². The molecule has 23 heavy (non-hydrogen) atoms. The Kier molecular flexibility index (Phi) is 5.28. The van der Waals surface area contributed by atoms with Crippen LogP contribution in [0.2, 0.25) is 0 Å². The number of carbonyl (C=O) groups excluding carboxylic acids is 1. The smallest absolute Gasteiger partial charge is 0.251 e. The fourth-order valence-electron chi connectivity index (χ4n) is 2.72. The van der Waals surface area contributed by atoms with Gasteiger partial charge in [-0.05, 0) is 55.2 Å². The molecule has 1 aliphatic rings. The van der Waals surface area contributed by atoms with Crippen molar-refractivity contribution in [3.8, 4) is 0 Å². The first kappa shape index (κ1) is 16.0. The first-order valence-electron chi connectivity index (χ1n) is 7.96. The zero-order chi connectivity index (χ0) is 16.1. The molecule has 4 nitrogen and oxygen atoms in total. The number of hydrogen-bond acceptors (Lipinski definition) is 3. The maximum atomic E-state index is 12.1. The van der Waals surface area contributed by atoms with Gasteiger partial charge in [0.25, 0.3) is 5.91 Å². The van der Waals surface area contributed by atoms with E-state index in [9.17, 15) is 4.79 Å². The number of piperidine rings is 1. The van der Waals surface area contributed by atoms with E-state index in [2.05, 4.69) is 31.1 Å². The summed E-state index contributed by atoms with van der Waals surface area (Å²) in [5.74, 6) is 0.963. The summed E-state index contributed by atoms with van der Waals surface area (Å²) in [5.41, 5.74) is 1.67. The first-order valence-corrected chi connectivity index (χ1v) is 8.75. The topological polar surface area (TPSA) is 45.2 Å². The minimum atomic E-state index is -0.0717. The van der Waals surface area contributed by atoms with Crippen molar-refractivity contribution in [1.82, 2.24) is 10.3 Å². The van der Waals surface area contributed by atoms with Crippen molar-refractivity contribution in [3.63, 3.8) is 0 Å². The minimum absolute atomic E-state index is 0.0717. The molecule has 1 aromatic carbocycles. The number of amides is 1. The Hall–Kier alpha value is -1.88. The minimum Gasteiger partial charge on any atom is -0.357 e. The number of pyridine rings is 1. The predicted molar refractivity (Wildman–Crippen MR) is 95.6 cm³/mol. The molecule has 120 valence electrons. The third-order valence-electron chi connectivity index (χ3n) is 4.05. The molecular formula is C18H20BrN3O. The van der Waals surface area contributed by atoms with Gasteiger partial charge in [-0.3, -0.25) is 4.79 Å². The molecule has 1 fully saturated rings. The fourth-order valence-corrected chi connectivity index (χ4v) is 2.98. The van der Waals surface area contributed by atoms with Gasteiger partial charge < -0.3 is 10.2 Å². The van der Waals surface area contributed by atoms with Gasteiger partial charge >= 0.3 is 0 Å². The number of halogens is 1. The molecule has 3 rings (SSSR count). The lowest BCUT2D eigenvalue weighted by Crippen LogP contribution is -2.30. The van der Waals surface area contributed by atoms with Gasteiger partial charge in [0.05, 0.1) is 0 Å². The van der Waals surface area contributed by atoms with Crippen molar-refractivity contribution in [2.45, 2.75) is 25.8 Å². The number of nitrogens with zero attached hydrogens (tertiary/aromatic N) is 2. The summed E-state index contributed by atoms with van der Waals surface area (Å²) < 4.78 is 0.964. The van der Waals surface area contributed by atoms with Crippen molar-refractivity contribution in [1.29, 1.82) is 0 Å². The molecule has 0 saturated carbocycles. The fraction of sp³-hybridized carbons (Fsp3) is 0.333. The number of anilines is 1. The third-order valence-corrected chi connectivity index (χ3v) is 4.58. The Bertz CT molecular complexity index is 649. The molecule has 0 radical (unpaired) electrons. The Morgan fingerprint density at radius 2 is 1.83 bits per heavy atom. The molecular weight excluding hydrogens is 354 g/mol. The van der Waals surface area contributed by atoms with E-state index in [0.717, 1.165) is 28.9 Å². The molecule has 2 heterocycles. The van der Waals surface area contributed by atoms with Crippen LogP contribution >= 0.6 is 15.9 Å². The lowest BCUT2D eigenvalue weighted by molar-refractivity contribution is 0.0951. The molecule has 0 atom stereocenters. The van der Waals surface area contributed by atoms with Crippen LogP contribution in [0.3, 0.4) is 0 Å². The van der Waals surface area contributed by atoms with E-state index in [4.69, 9.17) is 0 Å². The predicted octanol–water partition coefficient (Wildman–Crippen LogP) is 3.76. The zero-order valence-corrected chi connectivity index (χ0v) is 14.6. The average molecular weight is 374 g/mol. The normalized spacial score (nSPS) is 14.6. The molecule has 0 unspecified atom stereocenters. The van der Waals surface area contributed by atoms with Crippen LogP contribution in [0.15, 0.2) is 47.1 Å². The first-order chi connectivity index (χ1) is 11.2. The molecule has 2 aromatic rings. The molecule has 1 N–H and O–H groups in total. The SMILES string of the molecule is O=C(NCc1ccc(N2CCCCC2)nc1)c1ccc(Br)cc1. The number of benzene rings is 1. The van der Waals surface area contributed by atoms with E-state index in [1.54, 1.807) is 12.1 Å². The van der Waals surface area contributed by atoms with Gasteiger partial charge in [-0.1, -0.05) is 22.0 Å². The van der Waals surface area contributed by atoms with Gasteiger partial charge in [-0.2, -0.15) is 0 Å². The lowest BCUT2D eigenvalue weighted by Gasteiger charge is -2.27. The summed E-state index contributed by atoms with van der Waals surface area (Å²) in [4.78, 5) is 18.9. The van der Waals surface area contributed by atoms with Crippen LogP contribution in [0.1, 0.15) is 35.2 Å². The van der Waals surface area contributed by atoms with Gasteiger partial charge in [0, 0.05) is 35.9 Å². The Labute approximate surface area is 145 Å². The van der Waals surface area contributed by atoms with Crippen LogP contribution in [-0.2, 0) is 6.54 Å². The Balaban J connectivity index is 1.55. The molecule has 1 aromatic heterocycles. The molecule has 0 bridgehead atoms. The molecule has 0 spiro atoms. The number of aromatic nitrogens is 1. The van der Waals surface area contributed by atoms with E-state index in [1.165, 1.54) is 19.3 Å². The Morgan fingerprint density at radius 3 is 2.48 bits per heavy atom. The van der Waals surface area contributed by atoms with E-state index in [0.29, 0.717) is 12.1 Å². The average Bonchev–Trinajstić information content (AvgIpc) is 2.61. The van der Waals surface area contributed by atoms with E-state index in [1.807, 2.05) is 30.5 Å². The van der Waals surface area contributed by atoms with Crippen molar-refractivity contribution in [3.05, 3.63) is 58.2 Å². The maximum absolute atomic E-state index is 12.1. The molecule has 5 heteroatoms. The largest absolute Gasteiger partial charge is 0.357 e. The highest BCUT2D eigenvalue weighted by molar-refractivity contribution is 9.10. The van der Waals surface area contributed by atoms with Gasteiger partial charge in [-0.15, -0.1) is 0 Å². The second kappa shape index (κ2) is 7.59. The van der Waals surface area contributed by atoms with Gasteiger partial charge in [0.2, 0.25) is 0 Å². The van der Waals surface area contributed by atoms with Crippen LogP contribution in [0.25, 0.3) is 0 Å². The van der Waals surface area contributed by atoms with Crippen molar-refractivity contribution >= 4 is 27.7 Å². The quantitative estimate of drug-likeness (QED) is 0.886. The van der Waals surface area contributed by atoms with E-state index in [-0.39, 0.29) is 5.91 Å². The van der Waals surface area contributed by atoms with Crippen LogP contribution in [0.5, 0.6) is 0 Å². The summed E-state index contributed by atoms with van der Waals surface area (Å²) >= 11 is 3.37. The highest BCUT2D eigenvalue weighted by Crippen LogP contribution is 2.17. The van der Waals surface area contributed by atoms with Crippen LogP contribution in [-0.4, -0.2) is 24.0 Å². The lowest BCUT2D eigenvalue weighted by atomic mass is 10.1. The summed E-state index contributed by atoms with van der Waals surface area (Å²) in [7, 11) is 0. The number of carbonyl (C=O) groups is 1. The number of hydrogen-bond donors (Lipinski definition) is 1. The number of rotatable bonds is 4. The maximum Gasteiger partial charge on any atom is 0.251 e. The van der Waals surface area contributed by atoms with Crippen LogP contribution in [0, 0.1) is 0 Å². The molecule has 1 aliphatic heterocycles. The molecule has 0 aliphatic carbocycles. The van der Waals surface area contributed by atoms with Crippen LogP contribution < -0.4 is 10.2 Å². The molecule has 1 amide bonds. The third kappa shape index (κ3) is 4.32. The monoisotopic (exact) mass is 373 g/mol. The van der Waals surface area contributed by atoms with E-state index >= 15 is 0 Å². The summed E-state index contributed by atoms with van der Waals surface area (Å²) in [5, 5.41) is 2.93. The number of nitrogens with one attached hydrogen (secondary N) is 1. The summed E-state index contributed by atoms with van der Waals surface area (Å²) in [6.07, 6.45) is 5.65. The zero-order valence-electron chi connectivity index (χ0n) is 13.0.